The minimum absolute atomic E-state index is 0.0434. The van der Waals surface area contributed by atoms with Gasteiger partial charge in [0.1, 0.15) is 0 Å². The summed E-state index contributed by atoms with van der Waals surface area (Å²) in [5.41, 5.74) is 49.2. The van der Waals surface area contributed by atoms with Crippen LogP contribution in [0.1, 0.15) is 72.2 Å². The van der Waals surface area contributed by atoms with Gasteiger partial charge in [0.2, 0.25) is 0 Å². The van der Waals surface area contributed by atoms with Gasteiger partial charge < -0.3 is 0 Å². The Hall–Kier alpha value is -19.1. The Kier molecular flexibility index (Phi) is 22.7. The third-order valence-electron chi connectivity index (χ3n) is 30.4. The third kappa shape index (κ3) is 16.2. The highest BCUT2D eigenvalue weighted by Gasteiger charge is 2.52. The highest BCUT2D eigenvalue weighted by Crippen LogP contribution is 2.65. The molecule has 6 heterocycles. The molecule has 0 fully saturated rings. The summed E-state index contributed by atoms with van der Waals surface area (Å²) in [6.07, 6.45) is 11.0. The SMILES string of the molecule is CC1(C)c2ccc(-c3cccc(-c4cc(-c5ccccc5)nc(-c5ccc(-c6cccnc6)cc5)n4)c3)cc2-c2ccc3ccccc3c21.CC1(C)c2ccccc2-c2c(-c3cccc(-c4cc(-c5ccccc5)nc(-c5ccc(-c6cccnc6)cc5)n4)c3)cccc21.c1ccc(-c2cc(-c3cccc(-c4cccc5c4-c4ccccc4C54c5ccccc5-c5ccccc54)c3)nc(-c3ccc(-c4cccnc4)cc3)n2)cc1. The molecule has 0 atom stereocenters. The van der Waals surface area contributed by atoms with Gasteiger partial charge in [-0.1, -0.05) is 446 Å². The molecule has 4 aliphatic rings. The minimum atomic E-state index is -0.383. The average Bonchev–Trinajstić information content (AvgIpc) is 1.50. The minimum Gasteiger partial charge on any atom is -0.264 e. The first-order valence-corrected chi connectivity index (χ1v) is 50.9. The van der Waals surface area contributed by atoms with Crippen LogP contribution in [0.5, 0.6) is 0 Å². The number of pyridine rings is 3. The van der Waals surface area contributed by atoms with Crippen LogP contribution in [0.25, 0.3) is 224 Å². The number of rotatable bonds is 15. The zero-order chi connectivity index (χ0) is 99.7. The van der Waals surface area contributed by atoms with Crippen LogP contribution in [-0.4, -0.2) is 44.9 Å². The van der Waals surface area contributed by atoms with Gasteiger partial charge in [-0.2, -0.15) is 0 Å². The van der Waals surface area contributed by atoms with E-state index >= 15 is 0 Å². The second-order valence-electron chi connectivity index (χ2n) is 39.8. The molecule has 0 saturated heterocycles. The van der Waals surface area contributed by atoms with Gasteiger partial charge in [-0.25, -0.2) is 29.9 Å². The molecule has 6 aromatic heterocycles. The number of hydrogen-bond acceptors (Lipinski definition) is 9. The van der Waals surface area contributed by atoms with Crippen LogP contribution in [-0.2, 0) is 16.2 Å². The van der Waals surface area contributed by atoms with Gasteiger partial charge >= 0.3 is 0 Å². The fourth-order valence-electron chi connectivity index (χ4n) is 23.2. The lowest BCUT2D eigenvalue weighted by atomic mass is 9.70. The molecule has 18 aromatic carbocycles. The van der Waals surface area contributed by atoms with Gasteiger partial charge in [-0.05, 0) is 227 Å². The summed E-state index contributed by atoms with van der Waals surface area (Å²) >= 11 is 0. The fourth-order valence-corrected chi connectivity index (χ4v) is 23.2. The van der Waals surface area contributed by atoms with E-state index in [0.29, 0.717) is 17.5 Å². The normalized spacial score (nSPS) is 12.9. The van der Waals surface area contributed by atoms with Crippen molar-refractivity contribution in [3.63, 3.8) is 0 Å². The highest BCUT2D eigenvalue weighted by molar-refractivity contribution is 6.03. The number of hydrogen-bond donors (Lipinski definition) is 0. The largest absolute Gasteiger partial charge is 0.264 e. The maximum atomic E-state index is 5.23. The molecular formula is C140H97N9. The Morgan fingerprint density at radius 3 is 0.906 bits per heavy atom. The average molecular weight is 1910 g/mol. The van der Waals surface area contributed by atoms with Crippen LogP contribution in [0.15, 0.2) is 516 Å². The molecule has 0 amide bonds. The third-order valence-corrected chi connectivity index (χ3v) is 30.4. The van der Waals surface area contributed by atoms with Crippen LogP contribution in [0.4, 0.5) is 0 Å². The summed E-state index contributed by atoms with van der Waals surface area (Å²) in [7, 11) is 0. The van der Waals surface area contributed by atoms with Gasteiger partial charge in [0.25, 0.3) is 0 Å². The lowest BCUT2D eigenvalue weighted by Crippen LogP contribution is -2.25. The molecule has 0 radical (unpaired) electrons. The van der Waals surface area contributed by atoms with E-state index in [0.717, 1.165) is 129 Å². The molecule has 1 spiro atoms. The molecule has 0 aliphatic heterocycles. The molecule has 4 aliphatic carbocycles. The van der Waals surface area contributed by atoms with E-state index in [9.17, 15) is 0 Å². The maximum Gasteiger partial charge on any atom is 0.160 e. The summed E-state index contributed by atoms with van der Waals surface area (Å²) in [4.78, 5) is 43.6. The van der Waals surface area contributed by atoms with Gasteiger partial charge in [0.05, 0.1) is 39.6 Å². The van der Waals surface area contributed by atoms with Gasteiger partial charge in [-0.3, -0.25) is 15.0 Å². The smallest absolute Gasteiger partial charge is 0.160 e. The molecule has 0 bridgehead atoms. The van der Waals surface area contributed by atoms with E-state index in [1.54, 1.807) is 18.6 Å². The Labute approximate surface area is 867 Å². The first kappa shape index (κ1) is 90.0. The Morgan fingerprint density at radius 2 is 0.463 bits per heavy atom. The molecular weight excluding hydrogens is 1810 g/mol. The standard InChI is InChI=1S/C52H33N3.C46H33N3.C42H31N3/c1-2-13-35(14-3-1)48-32-49(55-51(54-48)36-28-26-34(27-29-36)39-17-12-30-53-33-39)38-16-10-15-37(31-38)40-21-11-25-47-50(40)43-20-6-9-24-46(43)52(47)44-22-7-4-18-41(44)42-19-5-8-23-45(42)52;1-46(2)41-24-22-35(27-40(41)39-23-21-31-10-6-7-16-38(31)44(39)46)34-13-8-14-36(26-34)43-28-42(32-11-4-3-5-12-32)48-45(49-43)33-19-17-30(18-20-33)37-15-9-25-47-29-37;1-42(2)36-18-7-6-16-35(36)40-34(17-9-19-37(40)42)31-13-8-14-32(25-31)39-26-38(29-11-4-3-5-12-29)44-41(45-39)30-22-20-28(21-23-30)33-15-10-24-43-27-33/h1-33H;3-29H,1-2H3;3-27H,1-2H3. The van der Waals surface area contributed by atoms with E-state index in [1.807, 2.05) is 55.0 Å². The summed E-state index contributed by atoms with van der Waals surface area (Å²) < 4.78 is 0. The summed E-state index contributed by atoms with van der Waals surface area (Å²) in [6.45, 7) is 9.37. The molecule has 0 saturated carbocycles. The van der Waals surface area contributed by atoms with Crippen LogP contribution >= 0.6 is 0 Å². The first-order valence-electron chi connectivity index (χ1n) is 50.9. The molecule has 9 nitrogen and oxygen atoms in total. The Balaban J connectivity index is 0.000000114. The van der Waals surface area contributed by atoms with Crippen molar-refractivity contribution in [2.45, 2.75) is 43.9 Å². The van der Waals surface area contributed by atoms with Crippen molar-refractivity contribution in [2.24, 2.45) is 0 Å². The topological polar surface area (TPSA) is 116 Å². The zero-order valence-electron chi connectivity index (χ0n) is 82.6. The van der Waals surface area contributed by atoms with Crippen molar-refractivity contribution >= 4 is 10.8 Å². The summed E-state index contributed by atoms with van der Waals surface area (Å²) in [5.74, 6) is 2.09. The maximum absolute atomic E-state index is 5.23. The number of benzene rings is 18. The van der Waals surface area contributed by atoms with Crippen molar-refractivity contribution in [2.75, 3.05) is 0 Å². The van der Waals surface area contributed by atoms with Crippen LogP contribution in [0.2, 0.25) is 0 Å². The van der Waals surface area contributed by atoms with Gasteiger partial charge in [0, 0.05) is 98.1 Å². The van der Waals surface area contributed by atoms with E-state index in [2.05, 4.69) is 485 Å². The van der Waals surface area contributed by atoms with E-state index < -0.39 is 0 Å². The first-order chi connectivity index (χ1) is 73.4. The molecule has 0 unspecified atom stereocenters. The molecule has 28 rings (SSSR count). The molecule has 0 N–H and O–H groups in total. The molecule has 149 heavy (non-hydrogen) atoms. The van der Waals surface area contributed by atoms with Crippen molar-refractivity contribution in [1.82, 2.24) is 44.9 Å². The summed E-state index contributed by atoms with van der Waals surface area (Å²) in [5, 5.41) is 2.63. The highest BCUT2D eigenvalue weighted by atomic mass is 14.9. The quantitative estimate of drug-likeness (QED) is 0.0989. The van der Waals surface area contributed by atoms with Crippen molar-refractivity contribution in [3.8, 4) is 213 Å². The van der Waals surface area contributed by atoms with Crippen molar-refractivity contribution < 1.29 is 0 Å². The molecule has 24 aromatic rings. The van der Waals surface area contributed by atoms with Crippen LogP contribution in [0, 0.1) is 0 Å². The van der Waals surface area contributed by atoms with Crippen molar-refractivity contribution in [1.29, 1.82) is 0 Å². The number of fused-ring (bicyclic) bond motifs is 18. The fraction of sp³-hybridized carbons (Fsp3) is 0.0500. The van der Waals surface area contributed by atoms with Crippen LogP contribution in [0.3, 0.4) is 0 Å². The predicted molar refractivity (Wildman–Crippen MR) is 610 cm³/mol. The van der Waals surface area contributed by atoms with E-state index in [-0.39, 0.29) is 16.2 Å². The monoisotopic (exact) mass is 1900 g/mol. The number of nitrogens with zero attached hydrogens (tertiary/aromatic N) is 9. The lowest BCUT2D eigenvalue weighted by Gasteiger charge is -2.30. The second kappa shape index (κ2) is 37.6. The zero-order valence-corrected chi connectivity index (χ0v) is 82.6. The van der Waals surface area contributed by atoms with E-state index in [4.69, 9.17) is 29.9 Å². The number of aromatic nitrogens is 9. The predicted octanol–water partition coefficient (Wildman–Crippen LogP) is 34.7. The molecule has 9 heteroatoms. The Bertz CT molecular complexity index is 9230. The van der Waals surface area contributed by atoms with Crippen molar-refractivity contribution in [3.05, 3.63) is 561 Å². The Morgan fingerprint density at radius 1 is 0.161 bits per heavy atom. The lowest BCUT2D eigenvalue weighted by molar-refractivity contribution is 0.660. The van der Waals surface area contributed by atoms with E-state index in [1.165, 1.54) is 122 Å². The molecule has 702 valence electrons. The van der Waals surface area contributed by atoms with Gasteiger partial charge in [0.15, 0.2) is 17.5 Å². The second-order valence-corrected chi connectivity index (χ2v) is 39.8. The van der Waals surface area contributed by atoms with Crippen LogP contribution < -0.4 is 0 Å². The summed E-state index contributed by atoms with van der Waals surface area (Å²) in [6, 6.07) is 171. The van der Waals surface area contributed by atoms with Gasteiger partial charge in [-0.15, -0.1) is 0 Å².